The van der Waals surface area contributed by atoms with Crippen molar-refractivity contribution in [3.63, 3.8) is 0 Å². The fourth-order valence-corrected chi connectivity index (χ4v) is 3.13. The van der Waals surface area contributed by atoms with Crippen LogP contribution in [0.4, 0.5) is 44.8 Å². The molecule has 0 atom stereocenters. The van der Waals surface area contributed by atoms with Gasteiger partial charge in [0.25, 0.3) is 5.91 Å². The van der Waals surface area contributed by atoms with Crippen molar-refractivity contribution in [2.75, 3.05) is 29.0 Å². The van der Waals surface area contributed by atoms with Crippen molar-refractivity contribution < 1.29 is 31.5 Å². The summed E-state index contributed by atoms with van der Waals surface area (Å²) in [4.78, 5) is 26.9. The maximum absolute atomic E-state index is 13.5. The van der Waals surface area contributed by atoms with Gasteiger partial charge in [0.15, 0.2) is 0 Å². The molecule has 0 fully saturated rings. The molecule has 0 aliphatic heterocycles. The van der Waals surface area contributed by atoms with E-state index in [4.69, 9.17) is 5.73 Å². The summed E-state index contributed by atoms with van der Waals surface area (Å²) in [6.45, 7) is -0.279. The maximum Gasteiger partial charge on any atom is 0.471 e. The highest BCUT2D eigenvalue weighted by molar-refractivity contribution is 5.98. The Hall–Kier alpha value is -4.42. The van der Waals surface area contributed by atoms with Gasteiger partial charge in [-0.05, 0) is 29.8 Å². The Morgan fingerprint density at radius 2 is 1.56 bits per heavy atom. The number of rotatable bonds is 10. The van der Waals surface area contributed by atoms with Gasteiger partial charge >= 0.3 is 12.1 Å². The Morgan fingerprint density at radius 3 is 2.19 bits per heavy atom. The van der Waals surface area contributed by atoms with Crippen LogP contribution in [0.5, 0.6) is 0 Å². The number of alkyl halides is 3. The molecule has 13 heteroatoms. The van der Waals surface area contributed by atoms with Crippen LogP contribution in [0, 0.1) is 11.6 Å². The third-order valence-corrected chi connectivity index (χ3v) is 4.75. The summed E-state index contributed by atoms with van der Waals surface area (Å²) in [7, 11) is 0. The molecule has 0 unspecified atom stereocenters. The smallest absolute Gasteiger partial charge is 0.382 e. The first-order valence-corrected chi connectivity index (χ1v) is 10.5. The molecule has 0 aliphatic carbocycles. The minimum absolute atomic E-state index is 0.00551. The van der Waals surface area contributed by atoms with Crippen LogP contribution < -0.4 is 27.0 Å². The van der Waals surface area contributed by atoms with Crippen molar-refractivity contribution in [3.05, 3.63) is 77.5 Å². The average Bonchev–Trinajstić information content (AvgIpc) is 2.80. The lowest BCUT2D eigenvalue weighted by Crippen LogP contribution is -2.39. The first-order valence-electron chi connectivity index (χ1n) is 10.5. The summed E-state index contributed by atoms with van der Waals surface area (Å²) in [5, 5.41) is 10.6. The summed E-state index contributed by atoms with van der Waals surface area (Å²) in [5.41, 5.74) is 7.00. The van der Waals surface area contributed by atoms with Crippen molar-refractivity contribution in [1.29, 1.82) is 0 Å². The van der Waals surface area contributed by atoms with Gasteiger partial charge in [0.1, 0.15) is 17.5 Å². The van der Waals surface area contributed by atoms with E-state index in [0.29, 0.717) is 16.9 Å². The van der Waals surface area contributed by atoms with E-state index in [2.05, 4.69) is 20.9 Å². The summed E-state index contributed by atoms with van der Waals surface area (Å²) < 4.78 is 63.8. The second-order valence-corrected chi connectivity index (χ2v) is 7.46. The molecule has 1 heterocycles. The molecule has 0 bridgehead atoms. The normalized spacial score (nSPS) is 11.0. The second-order valence-electron chi connectivity index (χ2n) is 7.46. The van der Waals surface area contributed by atoms with Crippen molar-refractivity contribution in [2.45, 2.75) is 12.7 Å². The van der Waals surface area contributed by atoms with Crippen LogP contribution in [-0.2, 0) is 11.3 Å². The SMILES string of the molecule is NC(=O)c1cnc(Nc2ccccc2NCCNC(=O)C(F)(F)F)cc1NCc1cc(F)cc(F)c1. The third kappa shape index (κ3) is 7.29. The van der Waals surface area contributed by atoms with Gasteiger partial charge < -0.3 is 27.0 Å². The van der Waals surface area contributed by atoms with Gasteiger partial charge in [-0.1, -0.05) is 12.1 Å². The summed E-state index contributed by atoms with van der Waals surface area (Å²) >= 11 is 0. The quantitative estimate of drug-likeness (QED) is 0.209. The fraction of sp³-hybridized carbons (Fsp3) is 0.174. The van der Waals surface area contributed by atoms with E-state index < -0.39 is 29.6 Å². The van der Waals surface area contributed by atoms with Crippen LogP contribution in [0.25, 0.3) is 0 Å². The lowest BCUT2D eigenvalue weighted by molar-refractivity contribution is -0.173. The van der Waals surface area contributed by atoms with E-state index in [1.807, 2.05) is 0 Å². The summed E-state index contributed by atoms with van der Waals surface area (Å²) in [6, 6.07) is 11.2. The predicted molar refractivity (Wildman–Crippen MR) is 124 cm³/mol. The number of pyridine rings is 1. The number of halogens is 5. The van der Waals surface area contributed by atoms with E-state index in [1.165, 1.54) is 12.3 Å². The molecular formula is C23H21F5N6O2. The van der Waals surface area contributed by atoms with Gasteiger partial charge in [-0.3, -0.25) is 9.59 Å². The molecule has 2 amide bonds. The molecule has 190 valence electrons. The molecule has 0 saturated carbocycles. The molecule has 0 saturated heterocycles. The number of carbonyl (C=O) groups is 2. The standard InChI is InChI=1S/C23H21F5N6O2/c24-14-7-13(8-15(25)9-14)11-32-19-10-20(33-12-16(19)21(29)35)34-18-4-2-1-3-17(18)30-5-6-31-22(36)23(26,27)28/h1-4,7-10,12,30H,5-6,11H2,(H2,29,35)(H,31,36)(H2,32,33,34). The Kier molecular flexibility index (Phi) is 8.25. The molecule has 2 aromatic carbocycles. The molecule has 1 aromatic heterocycles. The van der Waals surface area contributed by atoms with Crippen molar-refractivity contribution >= 4 is 34.7 Å². The highest BCUT2D eigenvalue weighted by atomic mass is 19.4. The minimum Gasteiger partial charge on any atom is -0.382 e. The van der Waals surface area contributed by atoms with Crippen LogP contribution >= 0.6 is 0 Å². The van der Waals surface area contributed by atoms with E-state index in [-0.39, 0.29) is 36.7 Å². The zero-order chi connectivity index (χ0) is 26.3. The van der Waals surface area contributed by atoms with Crippen molar-refractivity contribution in [1.82, 2.24) is 10.3 Å². The van der Waals surface area contributed by atoms with Crippen LogP contribution in [0.15, 0.2) is 54.7 Å². The van der Waals surface area contributed by atoms with Gasteiger partial charge in [-0.15, -0.1) is 0 Å². The van der Waals surface area contributed by atoms with Crippen LogP contribution in [0.3, 0.4) is 0 Å². The summed E-state index contributed by atoms with van der Waals surface area (Å²) in [6.07, 6.45) is -3.74. The van der Waals surface area contributed by atoms with Crippen LogP contribution in [0.1, 0.15) is 15.9 Å². The highest BCUT2D eigenvalue weighted by Gasteiger charge is 2.38. The van der Waals surface area contributed by atoms with Gasteiger partial charge in [-0.25, -0.2) is 13.8 Å². The van der Waals surface area contributed by atoms with E-state index in [0.717, 1.165) is 18.2 Å². The number of nitrogens with one attached hydrogen (secondary N) is 4. The number of primary amides is 1. The lowest BCUT2D eigenvalue weighted by Gasteiger charge is -2.16. The number of nitrogens with zero attached hydrogens (tertiary/aromatic N) is 1. The van der Waals surface area contributed by atoms with Crippen LogP contribution in [-0.4, -0.2) is 36.1 Å². The number of hydrogen-bond acceptors (Lipinski definition) is 6. The summed E-state index contributed by atoms with van der Waals surface area (Å²) in [5.74, 6) is -4.03. The van der Waals surface area contributed by atoms with Gasteiger partial charge in [0, 0.05) is 38.0 Å². The third-order valence-electron chi connectivity index (χ3n) is 4.75. The van der Waals surface area contributed by atoms with Gasteiger partial charge in [0.05, 0.1) is 22.6 Å². The van der Waals surface area contributed by atoms with Gasteiger partial charge in [0.2, 0.25) is 0 Å². The number of anilines is 4. The van der Waals surface area contributed by atoms with E-state index in [9.17, 15) is 31.5 Å². The highest BCUT2D eigenvalue weighted by Crippen LogP contribution is 2.27. The number of nitrogens with two attached hydrogens (primary N) is 1. The number of aromatic nitrogens is 1. The van der Waals surface area contributed by atoms with Gasteiger partial charge in [-0.2, -0.15) is 13.2 Å². The number of amides is 2. The number of carbonyl (C=O) groups excluding carboxylic acids is 2. The first kappa shape index (κ1) is 26.2. The fourth-order valence-electron chi connectivity index (χ4n) is 3.13. The largest absolute Gasteiger partial charge is 0.471 e. The molecule has 0 radical (unpaired) electrons. The Balaban J connectivity index is 1.71. The lowest BCUT2D eigenvalue weighted by atomic mass is 10.1. The predicted octanol–water partition coefficient (Wildman–Crippen LogP) is 3.90. The molecule has 0 spiro atoms. The minimum atomic E-state index is -4.96. The molecule has 36 heavy (non-hydrogen) atoms. The topological polar surface area (TPSA) is 121 Å². The maximum atomic E-state index is 13.5. The molecular weight excluding hydrogens is 487 g/mol. The van der Waals surface area contributed by atoms with Crippen molar-refractivity contribution in [3.8, 4) is 0 Å². The monoisotopic (exact) mass is 508 g/mol. The zero-order valence-electron chi connectivity index (χ0n) is 18.5. The Labute approximate surface area is 202 Å². The zero-order valence-corrected chi connectivity index (χ0v) is 18.5. The molecule has 3 rings (SSSR count). The van der Waals surface area contributed by atoms with Crippen molar-refractivity contribution in [2.24, 2.45) is 5.73 Å². The Morgan fingerprint density at radius 1 is 0.889 bits per heavy atom. The number of benzene rings is 2. The first-order chi connectivity index (χ1) is 17.0. The average molecular weight is 508 g/mol. The molecule has 6 N–H and O–H groups in total. The number of hydrogen-bond donors (Lipinski definition) is 5. The van der Waals surface area contributed by atoms with Crippen LogP contribution in [0.2, 0.25) is 0 Å². The molecule has 3 aromatic rings. The van der Waals surface area contributed by atoms with E-state index >= 15 is 0 Å². The Bertz CT molecular complexity index is 1230. The number of para-hydroxylation sites is 2. The second kappa shape index (κ2) is 11.3. The molecule has 8 nitrogen and oxygen atoms in total. The van der Waals surface area contributed by atoms with E-state index in [1.54, 1.807) is 29.6 Å². The molecule has 0 aliphatic rings.